The lowest BCUT2D eigenvalue weighted by Crippen LogP contribution is -2.35. The monoisotopic (exact) mass is 416 g/mol. The number of fused-ring (bicyclic) bond motifs is 2. The van der Waals surface area contributed by atoms with Crippen molar-refractivity contribution in [3.05, 3.63) is 45.3 Å². The van der Waals surface area contributed by atoms with E-state index in [2.05, 4.69) is 10.3 Å². The van der Waals surface area contributed by atoms with Gasteiger partial charge in [-0.1, -0.05) is 0 Å². The minimum absolute atomic E-state index is 0.315. The van der Waals surface area contributed by atoms with E-state index in [9.17, 15) is 14.4 Å². The smallest absolute Gasteiger partial charge is 0.409 e. The van der Waals surface area contributed by atoms with Crippen LogP contribution in [0.5, 0.6) is 0 Å². The fourth-order valence-corrected chi connectivity index (χ4v) is 5.19. The fraction of sp³-hybridized carbons (Fsp3) is 0.222. The molecule has 8 nitrogen and oxygen atoms in total. The Hall–Kier alpha value is -2.98. The highest BCUT2D eigenvalue weighted by Crippen LogP contribution is 2.37. The second-order valence-electron chi connectivity index (χ2n) is 6.20. The Morgan fingerprint density at radius 1 is 1.32 bits per heavy atom. The van der Waals surface area contributed by atoms with Crippen LogP contribution in [0.2, 0.25) is 0 Å². The third-order valence-electron chi connectivity index (χ3n) is 4.56. The van der Waals surface area contributed by atoms with Crippen molar-refractivity contribution in [3.8, 4) is 0 Å². The van der Waals surface area contributed by atoms with Crippen LogP contribution >= 0.6 is 22.7 Å². The van der Waals surface area contributed by atoms with Gasteiger partial charge in [0.15, 0.2) is 0 Å². The van der Waals surface area contributed by atoms with E-state index in [1.807, 2.05) is 0 Å². The molecule has 0 radical (unpaired) electrons. The zero-order valence-corrected chi connectivity index (χ0v) is 16.5. The number of aromatic nitrogens is 1. The number of nitrogens with one attached hydrogen (secondary N) is 1. The van der Waals surface area contributed by atoms with Crippen LogP contribution < -0.4 is 11.1 Å². The van der Waals surface area contributed by atoms with Gasteiger partial charge < -0.3 is 20.7 Å². The Morgan fingerprint density at radius 3 is 2.89 bits per heavy atom. The molecule has 1 aliphatic rings. The molecule has 2 aromatic heterocycles. The van der Waals surface area contributed by atoms with Crippen molar-refractivity contribution in [2.75, 3.05) is 19.0 Å². The molecule has 3 amide bonds. The largest absolute Gasteiger partial charge is 0.453 e. The molecule has 0 spiro atoms. The Morgan fingerprint density at radius 2 is 2.14 bits per heavy atom. The van der Waals surface area contributed by atoms with E-state index in [1.165, 1.54) is 29.8 Å². The minimum Gasteiger partial charge on any atom is -0.453 e. The quantitative estimate of drug-likeness (QED) is 0.681. The van der Waals surface area contributed by atoms with Gasteiger partial charge in [0.05, 0.1) is 34.9 Å². The second-order valence-corrected chi connectivity index (χ2v) is 8.19. The molecule has 3 heterocycles. The van der Waals surface area contributed by atoms with Crippen molar-refractivity contribution in [1.29, 1.82) is 0 Å². The number of ether oxygens (including phenoxy) is 1. The lowest BCUT2D eigenvalue weighted by molar-refractivity contribution is 0.0999. The summed E-state index contributed by atoms with van der Waals surface area (Å²) in [7, 11) is 1.33. The predicted octanol–water partition coefficient (Wildman–Crippen LogP) is 2.83. The summed E-state index contributed by atoms with van der Waals surface area (Å²) in [5.74, 6) is -0.932. The van der Waals surface area contributed by atoms with Crippen LogP contribution in [-0.4, -0.2) is 41.4 Å². The highest BCUT2D eigenvalue weighted by molar-refractivity contribution is 7.17. The minimum atomic E-state index is -0.600. The van der Waals surface area contributed by atoms with Gasteiger partial charge in [0, 0.05) is 17.0 Å². The van der Waals surface area contributed by atoms with Crippen LogP contribution in [-0.2, 0) is 17.7 Å². The Labute approximate surface area is 167 Å². The standard InChI is InChI=1S/C18H16N4O4S2/c1-26-18(25)22-5-4-10-13(7-22)28-17(14(10)15(19)23)21-16(24)9-2-3-11-12(6-9)27-8-20-11/h2-3,6,8H,4-5,7H2,1H3,(H2,19,23)(H,21,24). The molecule has 0 unspecified atom stereocenters. The molecular formula is C18H16N4O4S2. The Kier molecular flexibility index (Phi) is 4.73. The average molecular weight is 416 g/mol. The number of carbonyl (C=O) groups excluding carboxylic acids is 3. The lowest BCUT2D eigenvalue weighted by Gasteiger charge is -2.25. The van der Waals surface area contributed by atoms with Crippen LogP contribution in [0.15, 0.2) is 23.7 Å². The molecule has 3 aromatic rings. The van der Waals surface area contributed by atoms with E-state index in [0.29, 0.717) is 35.6 Å². The summed E-state index contributed by atoms with van der Waals surface area (Å²) in [6, 6.07) is 5.23. The van der Waals surface area contributed by atoms with Gasteiger partial charge in [-0.05, 0) is 30.2 Å². The number of hydrogen-bond donors (Lipinski definition) is 2. The molecule has 144 valence electrons. The zero-order valence-electron chi connectivity index (χ0n) is 14.9. The summed E-state index contributed by atoms with van der Waals surface area (Å²) in [5.41, 5.74) is 9.70. The first-order valence-electron chi connectivity index (χ1n) is 8.39. The van der Waals surface area contributed by atoms with Crippen molar-refractivity contribution in [3.63, 3.8) is 0 Å². The number of nitrogens with zero attached hydrogens (tertiary/aromatic N) is 2. The molecule has 1 aromatic carbocycles. The molecule has 3 N–H and O–H groups in total. The molecular weight excluding hydrogens is 400 g/mol. The SMILES string of the molecule is COC(=O)N1CCc2c(sc(NC(=O)c3ccc4ncsc4c3)c2C(N)=O)C1. The van der Waals surface area contributed by atoms with E-state index < -0.39 is 12.0 Å². The molecule has 0 aliphatic carbocycles. The number of benzene rings is 1. The lowest BCUT2D eigenvalue weighted by atomic mass is 10.0. The Bertz CT molecular complexity index is 1100. The predicted molar refractivity (Wildman–Crippen MR) is 107 cm³/mol. The average Bonchev–Trinajstić information content (AvgIpc) is 3.29. The van der Waals surface area contributed by atoms with Gasteiger partial charge in [0.1, 0.15) is 5.00 Å². The highest BCUT2D eigenvalue weighted by Gasteiger charge is 2.30. The summed E-state index contributed by atoms with van der Waals surface area (Å²) in [5, 5.41) is 3.21. The number of rotatable bonds is 3. The molecule has 10 heteroatoms. The first-order chi connectivity index (χ1) is 13.5. The summed E-state index contributed by atoms with van der Waals surface area (Å²) in [6.45, 7) is 0.738. The van der Waals surface area contributed by atoms with Gasteiger partial charge in [0.25, 0.3) is 11.8 Å². The number of nitrogens with two attached hydrogens (primary N) is 1. The maximum absolute atomic E-state index is 12.7. The first kappa shape index (κ1) is 18.4. The molecule has 4 rings (SSSR count). The normalized spacial score (nSPS) is 13.2. The first-order valence-corrected chi connectivity index (χ1v) is 10.1. The maximum atomic E-state index is 12.7. The van der Waals surface area contributed by atoms with Crippen LogP contribution in [0.3, 0.4) is 0 Å². The van der Waals surface area contributed by atoms with Crippen LogP contribution in [0.25, 0.3) is 10.2 Å². The number of primary amides is 1. The van der Waals surface area contributed by atoms with Crippen molar-refractivity contribution in [1.82, 2.24) is 9.88 Å². The van der Waals surface area contributed by atoms with E-state index in [-0.39, 0.29) is 5.91 Å². The summed E-state index contributed by atoms with van der Waals surface area (Å²) in [4.78, 5) is 43.1. The van der Waals surface area contributed by atoms with E-state index in [4.69, 9.17) is 10.5 Å². The zero-order chi connectivity index (χ0) is 19.8. The van der Waals surface area contributed by atoms with E-state index >= 15 is 0 Å². The summed E-state index contributed by atoms with van der Waals surface area (Å²) >= 11 is 2.71. The van der Waals surface area contributed by atoms with Gasteiger partial charge in [-0.15, -0.1) is 22.7 Å². The highest BCUT2D eigenvalue weighted by atomic mass is 32.1. The van der Waals surface area contributed by atoms with E-state index in [0.717, 1.165) is 20.7 Å². The summed E-state index contributed by atoms with van der Waals surface area (Å²) < 4.78 is 5.67. The molecule has 0 atom stereocenters. The number of thiophene rings is 1. The number of hydrogen-bond acceptors (Lipinski definition) is 7. The second kappa shape index (κ2) is 7.21. The maximum Gasteiger partial charge on any atom is 0.409 e. The Balaban J connectivity index is 1.64. The van der Waals surface area contributed by atoms with Crippen molar-refractivity contribution in [2.24, 2.45) is 5.73 Å². The molecule has 1 aliphatic heterocycles. The van der Waals surface area contributed by atoms with Gasteiger partial charge >= 0.3 is 6.09 Å². The van der Waals surface area contributed by atoms with Crippen molar-refractivity contribution in [2.45, 2.75) is 13.0 Å². The topological polar surface area (TPSA) is 115 Å². The molecule has 0 bridgehead atoms. The number of methoxy groups -OCH3 is 1. The van der Waals surface area contributed by atoms with Crippen LogP contribution in [0, 0.1) is 0 Å². The third kappa shape index (κ3) is 3.20. The van der Waals surface area contributed by atoms with Crippen LogP contribution in [0.1, 0.15) is 31.2 Å². The molecule has 28 heavy (non-hydrogen) atoms. The van der Waals surface area contributed by atoms with Gasteiger partial charge in [-0.3, -0.25) is 9.59 Å². The molecule has 0 saturated carbocycles. The van der Waals surface area contributed by atoms with E-state index in [1.54, 1.807) is 28.6 Å². The summed E-state index contributed by atoms with van der Waals surface area (Å²) in [6.07, 6.45) is 0.0464. The number of anilines is 1. The third-order valence-corrected chi connectivity index (χ3v) is 6.48. The number of amides is 3. The number of thiazole rings is 1. The van der Waals surface area contributed by atoms with Crippen molar-refractivity contribution >= 4 is 55.8 Å². The number of carbonyl (C=O) groups is 3. The molecule has 0 fully saturated rings. The molecule has 0 saturated heterocycles. The van der Waals surface area contributed by atoms with Gasteiger partial charge in [0.2, 0.25) is 0 Å². The fourth-order valence-electron chi connectivity index (χ4n) is 3.21. The van der Waals surface area contributed by atoms with Gasteiger partial charge in [-0.2, -0.15) is 0 Å². The van der Waals surface area contributed by atoms with Crippen LogP contribution in [0.4, 0.5) is 9.80 Å². The van der Waals surface area contributed by atoms with Gasteiger partial charge in [-0.25, -0.2) is 9.78 Å². The van der Waals surface area contributed by atoms with Crippen molar-refractivity contribution < 1.29 is 19.1 Å².